The molecule has 2 heterocycles. The molecule has 0 spiro atoms. The molecule has 0 saturated carbocycles. The van der Waals surface area contributed by atoms with Crippen molar-refractivity contribution >= 4 is 40.5 Å². The van der Waals surface area contributed by atoms with Gasteiger partial charge in [0.25, 0.3) is 0 Å². The van der Waals surface area contributed by atoms with E-state index >= 15 is 0 Å². The van der Waals surface area contributed by atoms with E-state index in [4.69, 9.17) is 23.2 Å². The fourth-order valence-corrected chi connectivity index (χ4v) is 3.50. The average Bonchev–Trinajstić information content (AvgIpc) is 2.98. The topological polar surface area (TPSA) is 66.6 Å². The van der Waals surface area contributed by atoms with Crippen LogP contribution in [0.5, 0.6) is 0 Å². The number of Topliss-reactive ketones (excluding diaryl/α,β-unsaturated/α-hetero) is 1. The number of rotatable bonds is 4. The van der Waals surface area contributed by atoms with E-state index in [1.165, 1.54) is 6.20 Å². The molecule has 24 heavy (non-hydrogen) atoms. The van der Waals surface area contributed by atoms with Crippen molar-refractivity contribution in [3.8, 4) is 17.3 Å². The number of carbonyl (C=O) groups is 1. The number of carbonyl (C=O) groups excluding carboxylic acids is 1. The number of aromatic nitrogens is 2. The third-order valence-corrected chi connectivity index (χ3v) is 4.86. The molecule has 0 bridgehead atoms. The molecule has 3 aromatic rings. The van der Waals surface area contributed by atoms with Gasteiger partial charge in [0.2, 0.25) is 0 Å². The van der Waals surface area contributed by atoms with Crippen LogP contribution in [0.25, 0.3) is 11.3 Å². The highest BCUT2D eigenvalue weighted by molar-refractivity contribution is 7.06. The van der Waals surface area contributed by atoms with Crippen LogP contribution in [0.4, 0.5) is 0 Å². The van der Waals surface area contributed by atoms with Crippen LogP contribution in [-0.4, -0.2) is 15.1 Å². The molecule has 3 rings (SSSR count). The first-order valence-corrected chi connectivity index (χ1v) is 8.42. The number of nitriles is 1. The van der Waals surface area contributed by atoms with Crippen LogP contribution in [0, 0.1) is 11.3 Å². The lowest BCUT2D eigenvalue weighted by molar-refractivity contribution is 0.0993. The van der Waals surface area contributed by atoms with Gasteiger partial charge < -0.3 is 0 Å². The fourth-order valence-electron chi connectivity index (χ4n) is 2.23. The van der Waals surface area contributed by atoms with Crippen LogP contribution in [0.15, 0.2) is 42.6 Å². The molecule has 2 aromatic heterocycles. The van der Waals surface area contributed by atoms with E-state index in [-0.39, 0.29) is 17.4 Å². The Kier molecular flexibility index (Phi) is 4.91. The van der Waals surface area contributed by atoms with E-state index in [9.17, 15) is 10.1 Å². The Labute approximate surface area is 152 Å². The summed E-state index contributed by atoms with van der Waals surface area (Å²) < 4.78 is 4.32. The van der Waals surface area contributed by atoms with Crippen LogP contribution in [0.3, 0.4) is 0 Å². The van der Waals surface area contributed by atoms with Crippen LogP contribution in [0.2, 0.25) is 10.2 Å². The fraction of sp³-hybridized carbons (Fsp3) is 0.0588. The summed E-state index contributed by atoms with van der Waals surface area (Å²) in [6.07, 6.45) is 1.55. The SMILES string of the molecule is N#Cc1c(-c2ccccc2Cl)nsc1CC(=O)c1cccnc1Cl. The van der Waals surface area contributed by atoms with Crippen LogP contribution in [-0.2, 0) is 6.42 Å². The third kappa shape index (κ3) is 3.17. The van der Waals surface area contributed by atoms with Gasteiger partial charge in [-0.15, -0.1) is 0 Å². The van der Waals surface area contributed by atoms with Gasteiger partial charge in [0.1, 0.15) is 16.9 Å². The predicted molar refractivity (Wildman–Crippen MR) is 94.6 cm³/mol. The molecule has 0 aliphatic heterocycles. The highest BCUT2D eigenvalue weighted by Crippen LogP contribution is 2.33. The summed E-state index contributed by atoms with van der Waals surface area (Å²) in [5, 5.41) is 10.2. The second-order valence-corrected chi connectivity index (χ2v) is 6.49. The van der Waals surface area contributed by atoms with Crippen molar-refractivity contribution in [2.75, 3.05) is 0 Å². The van der Waals surface area contributed by atoms with Crippen LogP contribution >= 0.6 is 34.7 Å². The lowest BCUT2D eigenvalue weighted by Gasteiger charge is -2.02. The normalized spacial score (nSPS) is 10.4. The molecular weight excluding hydrogens is 365 g/mol. The standard InChI is InChI=1S/C17H9Cl2N3OS/c18-13-6-2-1-4-10(13)16-12(9-20)15(24-22-16)8-14(23)11-5-3-7-21-17(11)19/h1-7H,8H2. The number of nitrogens with zero attached hydrogens (tertiary/aromatic N) is 3. The maximum Gasteiger partial charge on any atom is 0.171 e. The summed E-state index contributed by atoms with van der Waals surface area (Å²) in [6.45, 7) is 0. The number of pyridine rings is 1. The first-order chi connectivity index (χ1) is 11.6. The average molecular weight is 374 g/mol. The van der Waals surface area contributed by atoms with E-state index in [2.05, 4.69) is 15.4 Å². The van der Waals surface area contributed by atoms with Gasteiger partial charge in [-0.1, -0.05) is 41.4 Å². The summed E-state index contributed by atoms with van der Waals surface area (Å²) in [5.41, 5.74) is 1.86. The van der Waals surface area contributed by atoms with Gasteiger partial charge in [-0.25, -0.2) is 4.98 Å². The quantitative estimate of drug-likeness (QED) is 0.486. The third-order valence-electron chi connectivity index (χ3n) is 3.38. The zero-order valence-electron chi connectivity index (χ0n) is 12.2. The number of halogens is 2. The molecule has 0 fully saturated rings. The van der Waals surface area contributed by atoms with E-state index < -0.39 is 0 Å². The summed E-state index contributed by atoms with van der Waals surface area (Å²) >= 11 is 13.3. The molecule has 1 aromatic carbocycles. The van der Waals surface area contributed by atoms with Crippen molar-refractivity contribution in [3.05, 3.63) is 68.8 Å². The minimum atomic E-state index is -0.209. The number of benzene rings is 1. The van der Waals surface area contributed by atoms with Gasteiger partial charge in [0.15, 0.2) is 5.78 Å². The first-order valence-electron chi connectivity index (χ1n) is 6.89. The number of hydrogen-bond acceptors (Lipinski definition) is 5. The summed E-state index contributed by atoms with van der Waals surface area (Å²) in [4.78, 5) is 16.9. The Hall–Kier alpha value is -2.26. The van der Waals surface area contributed by atoms with Crippen LogP contribution in [0.1, 0.15) is 20.8 Å². The summed E-state index contributed by atoms with van der Waals surface area (Å²) in [6, 6.07) is 12.5. The lowest BCUT2D eigenvalue weighted by Crippen LogP contribution is -2.05. The van der Waals surface area contributed by atoms with Crippen molar-refractivity contribution in [1.82, 2.24) is 9.36 Å². The molecule has 0 amide bonds. The van der Waals surface area contributed by atoms with E-state index in [0.29, 0.717) is 32.3 Å². The molecular formula is C17H9Cl2N3OS. The zero-order valence-corrected chi connectivity index (χ0v) is 14.5. The minimum Gasteiger partial charge on any atom is -0.294 e. The first kappa shape index (κ1) is 16.6. The Bertz CT molecular complexity index is 962. The van der Waals surface area contributed by atoms with Crippen molar-refractivity contribution in [3.63, 3.8) is 0 Å². The molecule has 0 saturated heterocycles. The molecule has 118 valence electrons. The molecule has 0 atom stereocenters. The van der Waals surface area contributed by atoms with Gasteiger partial charge in [-0.2, -0.15) is 9.64 Å². The Balaban J connectivity index is 1.97. The largest absolute Gasteiger partial charge is 0.294 e. The summed E-state index contributed by atoms with van der Waals surface area (Å²) in [5.74, 6) is -0.209. The monoisotopic (exact) mass is 373 g/mol. The molecule has 7 heteroatoms. The van der Waals surface area contributed by atoms with Gasteiger partial charge >= 0.3 is 0 Å². The molecule has 0 unspecified atom stereocenters. The van der Waals surface area contributed by atoms with Gasteiger partial charge in [0.05, 0.1) is 21.0 Å². The predicted octanol–water partition coefficient (Wildman–Crippen LogP) is 4.81. The Morgan fingerprint density at radius 3 is 2.71 bits per heavy atom. The van der Waals surface area contributed by atoms with Gasteiger partial charge in [-0.3, -0.25) is 4.79 Å². The smallest absolute Gasteiger partial charge is 0.171 e. The number of ketones is 1. The summed E-state index contributed by atoms with van der Waals surface area (Å²) in [7, 11) is 0. The highest BCUT2D eigenvalue weighted by atomic mass is 35.5. The lowest BCUT2D eigenvalue weighted by atomic mass is 10.0. The second kappa shape index (κ2) is 7.10. The highest BCUT2D eigenvalue weighted by Gasteiger charge is 2.20. The minimum absolute atomic E-state index is 0.0381. The molecule has 0 N–H and O–H groups in total. The van der Waals surface area contributed by atoms with Crippen molar-refractivity contribution in [2.45, 2.75) is 6.42 Å². The Morgan fingerprint density at radius 1 is 1.21 bits per heavy atom. The second-order valence-electron chi connectivity index (χ2n) is 4.86. The van der Waals surface area contributed by atoms with E-state index in [0.717, 1.165) is 11.5 Å². The van der Waals surface area contributed by atoms with Gasteiger partial charge in [0, 0.05) is 18.2 Å². The maximum absolute atomic E-state index is 12.4. The Morgan fingerprint density at radius 2 is 2.00 bits per heavy atom. The van der Waals surface area contributed by atoms with E-state index in [1.807, 2.05) is 6.07 Å². The molecule has 0 aliphatic carbocycles. The van der Waals surface area contributed by atoms with Crippen molar-refractivity contribution in [2.24, 2.45) is 0 Å². The molecule has 0 radical (unpaired) electrons. The van der Waals surface area contributed by atoms with Crippen LogP contribution < -0.4 is 0 Å². The molecule has 0 aliphatic rings. The number of hydrogen-bond donors (Lipinski definition) is 0. The van der Waals surface area contributed by atoms with Crippen molar-refractivity contribution in [1.29, 1.82) is 5.26 Å². The molecule has 4 nitrogen and oxygen atoms in total. The maximum atomic E-state index is 12.4. The van der Waals surface area contributed by atoms with Crippen molar-refractivity contribution < 1.29 is 4.79 Å². The van der Waals surface area contributed by atoms with E-state index in [1.54, 1.807) is 30.3 Å². The van der Waals surface area contributed by atoms with Gasteiger partial charge in [-0.05, 0) is 29.7 Å². The zero-order chi connectivity index (χ0) is 17.1.